The summed E-state index contributed by atoms with van der Waals surface area (Å²) in [6.45, 7) is -0.189. The van der Waals surface area contributed by atoms with Crippen LogP contribution in [-0.4, -0.2) is 49.3 Å². The number of alkyl halides is 6. The van der Waals surface area contributed by atoms with Crippen LogP contribution in [0.2, 0.25) is 0 Å². The molecule has 3 rings (SSSR count). The molecule has 15 heteroatoms. The van der Waals surface area contributed by atoms with Gasteiger partial charge in [-0.3, -0.25) is 9.59 Å². The van der Waals surface area contributed by atoms with Crippen LogP contribution in [0.3, 0.4) is 0 Å². The maximum Gasteiger partial charge on any atom is 0.430 e. The summed E-state index contributed by atoms with van der Waals surface area (Å²) < 4.78 is 116. The van der Waals surface area contributed by atoms with Gasteiger partial charge in [0.1, 0.15) is 11.9 Å². The molecule has 7 nitrogen and oxygen atoms in total. The van der Waals surface area contributed by atoms with Gasteiger partial charge in [0.15, 0.2) is 9.84 Å². The molecule has 1 aliphatic heterocycles. The minimum absolute atomic E-state index is 0.0911. The summed E-state index contributed by atoms with van der Waals surface area (Å²) in [6.07, 6.45) is -11.3. The van der Waals surface area contributed by atoms with Crippen LogP contribution in [0.25, 0.3) is 0 Å². The van der Waals surface area contributed by atoms with Crippen LogP contribution in [0.1, 0.15) is 22.7 Å². The molecule has 0 aromatic heterocycles. The largest absolute Gasteiger partial charge is 0.430 e. The minimum Gasteiger partial charge on any atom is -0.369 e. The van der Waals surface area contributed by atoms with Gasteiger partial charge >= 0.3 is 12.4 Å². The Bertz CT molecular complexity index is 1280. The Morgan fingerprint density at radius 3 is 2.17 bits per heavy atom. The second-order valence-corrected chi connectivity index (χ2v) is 9.72. The summed E-state index contributed by atoms with van der Waals surface area (Å²) in [7, 11) is -3.62. The number of anilines is 1. The second kappa shape index (κ2) is 8.48. The molecule has 1 atom stereocenters. The number of aliphatic hydroxyl groups is 1. The lowest BCUT2D eigenvalue weighted by atomic mass is 9.92. The third kappa shape index (κ3) is 4.57. The molecular weight excluding hydrogens is 513 g/mol. The molecule has 1 unspecified atom stereocenters. The summed E-state index contributed by atoms with van der Waals surface area (Å²) in [5.74, 6) is -2.79. The fraction of sp³-hybridized carbons (Fsp3) is 0.300. The Hall–Kier alpha value is -3.20. The SMILES string of the molecule is CS(=O)(=O)c1ccc2c(c1)CN(C=O)C2C(=O)Nc1ccc(C(O)(C(F)(F)F)C(F)(F)F)cc1F. The van der Waals surface area contributed by atoms with Gasteiger partial charge in [0, 0.05) is 18.4 Å². The van der Waals surface area contributed by atoms with E-state index in [0.29, 0.717) is 6.07 Å². The van der Waals surface area contributed by atoms with Gasteiger partial charge in [0.05, 0.1) is 10.6 Å². The number of amides is 2. The molecule has 1 heterocycles. The minimum atomic E-state index is -6.23. The predicted molar refractivity (Wildman–Crippen MR) is 105 cm³/mol. The van der Waals surface area contributed by atoms with Crippen LogP contribution in [-0.2, 0) is 31.6 Å². The fourth-order valence-corrected chi connectivity index (χ4v) is 4.28. The fourth-order valence-electron chi connectivity index (χ4n) is 3.60. The molecule has 2 N–H and O–H groups in total. The molecule has 0 fully saturated rings. The number of hydrogen-bond donors (Lipinski definition) is 2. The summed E-state index contributed by atoms with van der Waals surface area (Å²) in [4.78, 5) is 25.1. The van der Waals surface area contributed by atoms with Crippen LogP contribution < -0.4 is 5.32 Å². The highest BCUT2D eigenvalue weighted by molar-refractivity contribution is 7.90. The first-order chi connectivity index (χ1) is 15.9. The van der Waals surface area contributed by atoms with E-state index in [1.165, 1.54) is 18.2 Å². The van der Waals surface area contributed by atoms with Crippen molar-refractivity contribution < 1.29 is 53.8 Å². The molecule has 0 aliphatic carbocycles. The number of sulfone groups is 1. The first kappa shape index (κ1) is 26.4. The Morgan fingerprint density at radius 2 is 1.69 bits per heavy atom. The first-order valence-electron chi connectivity index (χ1n) is 9.42. The lowest BCUT2D eigenvalue weighted by Crippen LogP contribution is -2.54. The van der Waals surface area contributed by atoms with E-state index in [1.54, 1.807) is 0 Å². The summed E-state index contributed by atoms with van der Waals surface area (Å²) in [6, 6.07) is 2.61. The zero-order chi connectivity index (χ0) is 26.6. The normalized spacial score (nSPS) is 16.7. The van der Waals surface area contributed by atoms with E-state index >= 15 is 0 Å². The Morgan fingerprint density at radius 1 is 1.09 bits per heavy atom. The number of nitrogens with zero attached hydrogens (tertiary/aromatic N) is 1. The van der Waals surface area contributed by atoms with Gasteiger partial charge in [0.2, 0.25) is 6.41 Å². The van der Waals surface area contributed by atoms with Crippen molar-refractivity contribution in [3.8, 4) is 0 Å². The number of fused-ring (bicyclic) bond motifs is 1. The lowest BCUT2D eigenvalue weighted by Gasteiger charge is -2.32. The second-order valence-electron chi connectivity index (χ2n) is 7.70. The molecule has 35 heavy (non-hydrogen) atoms. The van der Waals surface area contributed by atoms with Crippen molar-refractivity contribution in [1.29, 1.82) is 0 Å². The van der Waals surface area contributed by atoms with Crippen LogP contribution in [0, 0.1) is 5.82 Å². The first-order valence-corrected chi connectivity index (χ1v) is 11.3. The van der Waals surface area contributed by atoms with Crippen molar-refractivity contribution in [2.75, 3.05) is 11.6 Å². The van der Waals surface area contributed by atoms with Gasteiger partial charge in [-0.15, -0.1) is 0 Å². The van der Waals surface area contributed by atoms with Crippen molar-refractivity contribution in [3.05, 3.63) is 58.9 Å². The Labute approximate surface area is 193 Å². The topological polar surface area (TPSA) is 104 Å². The number of nitrogens with one attached hydrogen (secondary N) is 1. The summed E-state index contributed by atoms with van der Waals surface area (Å²) in [5, 5.41) is 11.4. The zero-order valence-electron chi connectivity index (χ0n) is 17.4. The van der Waals surface area contributed by atoms with Gasteiger partial charge in [-0.1, -0.05) is 12.1 Å². The number of carbonyl (C=O) groups is 2. The molecule has 2 aromatic rings. The summed E-state index contributed by atoms with van der Waals surface area (Å²) in [5.41, 5.74) is -7.57. The van der Waals surface area contributed by atoms with Gasteiger partial charge in [-0.05, 0) is 35.4 Å². The van der Waals surface area contributed by atoms with Crippen molar-refractivity contribution in [1.82, 2.24) is 4.90 Å². The molecule has 0 bridgehead atoms. The molecule has 190 valence electrons. The number of halogens is 7. The van der Waals surface area contributed by atoms with E-state index in [-0.39, 0.29) is 41.1 Å². The maximum absolute atomic E-state index is 14.5. The van der Waals surface area contributed by atoms with E-state index < -0.39 is 56.8 Å². The molecule has 1 aliphatic rings. The molecular formula is C20H15F7N2O5S. The van der Waals surface area contributed by atoms with Crippen molar-refractivity contribution >= 4 is 27.8 Å². The van der Waals surface area contributed by atoms with E-state index in [4.69, 9.17) is 0 Å². The number of benzene rings is 2. The van der Waals surface area contributed by atoms with Gasteiger partial charge in [-0.25, -0.2) is 12.8 Å². The van der Waals surface area contributed by atoms with Gasteiger partial charge < -0.3 is 15.3 Å². The quantitative estimate of drug-likeness (QED) is 0.459. The van der Waals surface area contributed by atoms with E-state index in [2.05, 4.69) is 0 Å². The Balaban J connectivity index is 1.95. The third-order valence-electron chi connectivity index (χ3n) is 5.37. The van der Waals surface area contributed by atoms with Crippen molar-refractivity contribution in [3.63, 3.8) is 0 Å². The van der Waals surface area contributed by atoms with Crippen LogP contribution in [0.15, 0.2) is 41.3 Å². The monoisotopic (exact) mass is 528 g/mol. The summed E-state index contributed by atoms with van der Waals surface area (Å²) >= 11 is 0. The molecule has 2 amide bonds. The molecule has 0 radical (unpaired) electrons. The van der Waals surface area contributed by atoms with Crippen LogP contribution >= 0.6 is 0 Å². The highest BCUT2D eigenvalue weighted by Crippen LogP contribution is 2.50. The van der Waals surface area contributed by atoms with Crippen LogP contribution in [0.5, 0.6) is 0 Å². The zero-order valence-corrected chi connectivity index (χ0v) is 18.2. The number of carbonyl (C=O) groups excluding carboxylic acids is 2. The van der Waals surface area contributed by atoms with Gasteiger partial charge in [-0.2, -0.15) is 26.3 Å². The van der Waals surface area contributed by atoms with E-state index in [1.807, 2.05) is 5.32 Å². The molecule has 0 saturated heterocycles. The van der Waals surface area contributed by atoms with Crippen molar-refractivity contribution in [2.24, 2.45) is 0 Å². The molecule has 2 aromatic carbocycles. The maximum atomic E-state index is 14.5. The lowest BCUT2D eigenvalue weighted by molar-refractivity contribution is -0.376. The predicted octanol–water partition coefficient (Wildman–Crippen LogP) is 3.19. The van der Waals surface area contributed by atoms with Crippen LogP contribution in [0.4, 0.5) is 36.4 Å². The highest BCUT2D eigenvalue weighted by atomic mass is 32.2. The highest BCUT2D eigenvalue weighted by Gasteiger charge is 2.71. The number of hydrogen-bond acceptors (Lipinski definition) is 5. The van der Waals surface area contributed by atoms with Crippen molar-refractivity contribution in [2.45, 2.75) is 35.4 Å². The average molecular weight is 528 g/mol. The average Bonchev–Trinajstić information content (AvgIpc) is 3.10. The Kier molecular flexibility index (Phi) is 6.40. The van der Waals surface area contributed by atoms with Gasteiger partial charge in [0.25, 0.3) is 11.5 Å². The molecule has 0 saturated carbocycles. The van der Waals surface area contributed by atoms with E-state index in [0.717, 1.165) is 11.2 Å². The number of rotatable bonds is 5. The standard InChI is InChI=1S/C20H15F7N2O5S/c1-35(33,34)12-3-4-13-10(6-12)8-29(9-30)16(13)17(31)28-15-5-2-11(7-14(15)21)18(32,19(22,23)24)20(25,26)27/h2-7,9,16,32H,8H2,1H3,(H,28,31). The third-order valence-corrected chi connectivity index (χ3v) is 6.48. The smallest absolute Gasteiger partial charge is 0.369 e. The van der Waals surface area contributed by atoms with E-state index in [9.17, 15) is 53.8 Å². The molecule has 0 spiro atoms.